The van der Waals surface area contributed by atoms with Gasteiger partial charge < -0.3 is 10.1 Å². The number of rotatable bonds is 2. The van der Waals surface area contributed by atoms with Gasteiger partial charge in [-0.05, 0) is 19.9 Å². The zero-order valence-corrected chi connectivity index (χ0v) is 10.3. The minimum Gasteiger partial charge on any atom is -0.478 e. The number of aryl methyl sites for hydroxylation is 2. The molecule has 0 bridgehead atoms. The van der Waals surface area contributed by atoms with Crippen LogP contribution in [0.15, 0.2) is 24.3 Å². The first-order chi connectivity index (χ1) is 7.59. The van der Waals surface area contributed by atoms with Crippen molar-refractivity contribution in [1.29, 1.82) is 0 Å². The molecule has 1 aromatic carbocycles. The maximum atomic E-state index is 11.0. The Morgan fingerprint density at radius 1 is 1.29 bits per heavy atom. The first-order valence-electron chi connectivity index (χ1n) is 4.95. The van der Waals surface area contributed by atoms with Crippen LogP contribution >= 0.6 is 12.4 Å². The van der Waals surface area contributed by atoms with Crippen LogP contribution in [0.5, 0.6) is 0 Å². The number of nitrogens with one attached hydrogen (secondary N) is 1. The maximum absolute atomic E-state index is 11.0. The third-order valence-corrected chi connectivity index (χ3v) is 2.54. The molecule has 1 aromatic heterocycles. The average molecular weight is 253 g/mol. The molecular formula is C12H13ClN2O2. The summed E-state index contributed by atoms with van der Waals surface area (Å²) in [5.41, 5.74) is 2.72. The van der Waals surface area contributed by atoms with Crippen LogP contribution in [-0.2, 0) is 0 Å². The second-order valence-electron chi connectivity index (χ2n) is 3.65. The monoisotopic (exact) mass is 252 g/mol. The smallest absolute Gasteiger partial charge is 0.336 e. The molecule has 4 nitrogen and oxygen atoms in total. The van der Waals surface area contributed by atoms with Crippen LogP contribution in [-0.4, -0.2) is 21.0 Å². The summed E-state index contributed by atoms with van der Waals surface area (Å²) in [4.78, 5) is 18.4. The number of benzene rings is 1. The third kappa shape index (κ3) is 2.47. The van der Waals surface area contributed by atoms with E-state index in [0.717, 1.165) is 11.4 Å². The van der Waals surface area contributed by atoms with E-state index in [0.29, 0.717) is 11.4 Å². The minimum atomic E-state index is -0.942. The van der Waals surface area contributed by atoms with Gasteiger partial charge in [0.25, 0.3) is 0 Å². The van der Waals surface area contributed by atoms with E-state index in [2.05, 4.69) is 9.97 Å². The SMILES string of the molecule is Cc1nc(-c2ccccc2C(=O)O)[nH]c1C.Cl. The fourth-order valence-electron chi connectivity index (χ4n) is 1.55. The number of H-pyrrole nitrogens is 1. The van der Waals surface area contributed by atoms with Crippen LogP contribution in [0.1, 0.15) is 21.7 Å². The standard InChI is InChI=1S/C12H12N2O2.ClH/c1-7-8(2)14-11(13-7)9-5-3-4-6-10(9)12(15)16;/h3-6H,1-2H3,(H,13,14)(H,15,16);1H. The van der Waals surface area contributed by atoms with Crippen molar-refractivity contribution in [3.05, 3.63) is 41.2 Å². The van der Waals surface area contributed by atoms with Gasteiger partial charge in [0.1, 0.15) is 5.82 Å². The Morgan fingerprint density at radius 2 is 1.94 bits per heavy atom. The van der Waals surface area contributed by atoms with Crippen molar-refractivity contribution in [3.63, 3.8) is 0 Å². The van der Waals surface area contributed by atoms with Gasteiger partial charge in [0, 0.05) is 11.3 Å². The normalized spacial score (nSPS) is 9.76. The van der Waals surface area contributed by atoms with Gasteiger partial charge in [-0.2, -0.15) is 0 Å². The Hall–Kier alpha value is -1.81. The van der Waals surface area contributed by atoms with Crippen molar-refractivity contribution < 1.29 is 9.90 Å². The first-order valence-corrected chi connectivity index (χ1v) is 4.95. The van der Waals surface area contributed by atoms with Crippen molar-refractivity contribution in [2.24, 2.45) is 0 Å². The molecule has 0 saturated heterocycles. The van der Waals surface area contributed by atoms with E-state index in [1.54, 1.807) is 24.3 Å². The van der Waals surface area contributed by atoms with E-state index in [4.69, 9.17) is 5.11 Å². The van der Waals surface area contributed by atoms with Crippen molar-refractivity contribution in [3.8, 4) is 11.4 Å². The summed E-state index contributed by atoms with van der Waals surface area (Å²) in [6, 6.07) is 6.83. The topological polar surface area (TPSA) is 66.0 Å². The highest BCUT2D eigenvalue weighted by Gasteiger charge is 2.13. The zero-order chi connectivity index (χ0) is 11.7. The fourth-order valence-corrected chi connectivity index (χ4v) is 1.55. The van der Waals surface area contributed by atoms with Gasteiger partial charge in [-0.3, -0.25) is 0 Å². The molecule has 0 aliphatic heterocycles. The van der Waals surface area contributed by atoms with Crippen LogP contribution in [0.25, 0.3) is 11.4 Å². The van der Waals surface area contributed by atoms with Gasteiger partial charge in [0.2, 0.25) is 0 Å². The molecule has 0 aliphatic rings. The van der Waals surface area contributed by atoms with Gasteiger partial charge in [-0.1, -0.05) is 18.2 Å². The molecule has 0 atom stereocenters. The summed E-state index contributed by atoms with van der Waals surface area (Å²) >= 11 is 0. The second-order valence-corrected chi connectivity index (χ2v) is 3.65. The molecule has 0 aliphatic carbocycles. The predicted molar refractivity (Wildman–Crippen MR) is 67.7 cm³/mol. The summed E-state index contributed by atoms with van der Waals surface area (Å²) in [7, 11) is 0. The van der Waals surface area contributed by atoms with Gasteiger partial charge in [-0.25, -0.2) is 9.78 Å². The van der Waals surface area contributed by atoms with Crippen LogP contribution in [0.2, 0.25) is 0 Å². The lowest BCUT2D eigenvalue weighted by atomic mass is 10.1. The Labute approximate surface area is 105 Å². The number of hydrogen-bond donors (Lipinski definition) is 2. The number of carbonyl (C=O) groups is 1. The number of carboxylic acids is 1. The van der Waals surface area contributed by atoms with E-state index in [-0.39, 0.29) is 18.0 Å². The van der Waals surface area contributed by atoms with Crippen molar-refractivity contribution >= 4 is 18.4 Å². The summed E-state index contributed by atoms with van der Waals surface area (Å²) in [5.74, 6) is -0.338. The summed E-state index contributed by atoms with van der Waals surface area (Å²) in [6.45, 7) is 3.80. The number of hydrogen-bond acceptors (Lipinski definition) is 2. The lowest BCUT2D eigenvalue weighted by Gasteiger charge is -2.01. The quantitative estimate of drug-likeness (QED) is 0.864. The van der Waals surface area contributed by atoms with E-state index < -0.39 is 5.97 Å². The maximum Gasteiger partial charge on any atom is 0.336 e. The molecule has 0 radical (unpaired) electrons. The summed E-state index contributed by atoms with van der Waals surface area (Å²) < 4.78 is 0. The average Bonchev–Trinajstić information content (AvgIpc) is 2.59. The second kappa shape index (κ2) is 5.01. The highest BCUT2D eigenvalue weighted by atomic mass is 35.5. The molecule has 2 aromatic rings. The Morgan fingerprint density at radius 3 is 2.47 bits per heavy atom. The van der Waals surface area contributed by atoms with Crippen molar-refractivity contribution in [2.75, 3.05) is 0 Å². The lowest BCUT2D eigenvalue weighted by molar-refractivity contribution is 0.0697. The number of nitrogens with zero attached hydrogens (tertiary/aromatic N) is 1. The number of aromatic amines is 1. The van der Waals surface area contributed by atoms with Crippen LogP contribution in [0, 0.1) is 13.8 Å². The van der Waals surface area contributed by atoms with E-state index in [1.165, 1.54) is 0 Å². The molecule has 1 heterocycles. The molecule has 0 saturated carbocycles. The highest BCUT2D eigenvalue weighted by Crippen LogP contribution is 2.21. The number of aromatic carboxylic acids is 1. The van der Waals surface area contributed by atoms with Crippen LogP contribution in [0.4, 0.5) is 0 Å². The van der Waals surface area contributed by atoms with Crippen LogP contribution < -0.4 is 0 Å². The molecule has 0 fully saturated rings. The molecule has 0 amide bonds. The fraction of sp³-hybridized carbons (Fsp3) is 0.167. The van der Waals surface area contributed by atoms with E-state index >= 15 is 0 Å². The molecule has 2 rings (SSSR count). The van der Waals surface area contributed by atoms with E-state index in [9.17, 15) is 4.79 Å². The largest absolute Gasteiger partial charge is 0.478 e. The lowest BCUT2D eigenvalue weighted by Crippen LogP contribution is -1.99. The van der Waals surface area contributed by atoms with Gasteiger partial charge >= 0.3 is 5.97 Å². The Balaban J connectivity index is 0.00000144. The number of halogens is 1. The summed E-state index contributed by atoms with van der Waals surface area (Å²) in [5, 5.41) is 9.06. The Bertz CT molecular complexity index is 530. The van der Waals surface area contributed by atoms with Gasteiger partial charge in [-0.15, -0.1) is 12.4 Å². The molecule has 2 N–H and O–H groups in total. The molecule has 0 unspecified atom stereocenters. The first kappa shape index (κ1) is 13.3. The molecule has 17 heavy (non-hydrogen) atoms. The third-order valence-electron chi connectivity index (χ3n) is 2.54. The molecular weight excluding hydrogens is 240 g/mol. The van der Waals surface area contributed by atoms with Crippen molar-refractivity contribution in [2.45, 2.75) is 13.8 Å². The number of aromatic nitrogens is 2. The van der Waals surface area contributed by atoms with Crippen LogP contribution in [0.3, 0.4) is 0 Å². The minimum absolute atomic E-state index is 0. The Kier molecular flexibility index (Phi) is 3.91. The highest BCUT2D eigenvalue weighted by molar-refractivity contribution is 5.94. The predicted octanol–water partition coefficient (Wildman–Crippen LogP) is 2.81. The molecule has 0 spiro atoms. The number of imidazole rings is 1. The zero-order valence-electron chi connectivity index (χ0n) is 9.52. The van der Waals surface area contributed by atoms with Gasteiger partial charge in [0.15, 0.2) is 0 Å². The van der Waals surface area contributed by atoms with E-state index in [1.807, 2.05) is 13.8 Å². The molecule has 5 heteroatoms. The summed E-state index contributed by atoms with van der Waals surface area (Å²) in [6.07, 6.45) is 0. The van der Waals surface area contributed by atoms with Gasteiger partial charge in [0.05, 0.1) is 11.3 Å². The molecule has 90 valence electrons. The van der Waals surface area contributed by atoms with Crippen molar-refractivity contribution in [1.82, 2.24) is 9.97 Å². The number of carboxylic acid groups (broad SMARTS) is 1.